The fourth-order valence-electron chi connectivity index (χ4n) is 2.48. The second-order valence-electron chi connectivity index (χ2n) is 4.84. The second kappa shape index (κ2) is 5.94. The summed E-state index contributed by atoms with van der Waals surface area (Å²) in [5.74, 6) is -0.605. The minimum Gasteiger partial charge on any atom is -0.479 e. The highest BCUT2D eigenvalue weighted by atomic mass is 16.5. The summed E-state index contributed by atoms with van der Waals surface area (Å²) in [6.45, 7) is 5.77. The lowest BCUT2D eigenvalue weighted by atomic mass is 10.1. The fourth-order valence-corrected chi connectivity index (χ4v) is 2.48. The Hall–Kier alpha value is -2.04. The maximum absolute atomic E-state index is 10.7. The molecule has 0 fully saturated rings. The number of carboxylic acids is 1. The molecule has 2 aromatic rings. The van der Waals surface area contributed by atoms with Gasteiger partial charge in [-0.25, -0.2) is 9.78 Å². The topological polar surface area (TPSA) is 63.8 Å². The van der Waals surface area contributed by atoms with Crippen LogP contribution in [0.5, 0.6) is 5.88 Å². The lowest BCUT2D eigenvalue weighted by Crippen LogP contribution is -2.11. The number of ether oxygens (including phenoxy) is 1. The summed E-state index contributed by atoms with van der Waals surface area (Å²) < 4.78 is 7.39. The van der Waals surface area contributed by atoms with Gasteiger partial charge in [0.25, 0.3) is 0 Å². The average molecular weight is 276 g/mol. The summed E-state index contributed by atoms with van der Waals surface area (Å²) in [6.07, 6.45) is 4.97. The van der Waals surface area contributed by atoms with E-state index in [0.717, 1.165) is 30.5 Å². The molecule has 0 saturated heterocycles. The Labute approximate surface area is 118 Å². The van der Waals surface area contributed by atoms with Gasteiger partial charge in [0.05, 0.1) is 5.69 Å². The Bertz CT molecular complexity index is 632. The molecule has 108 valence electrons. The molecule has 0 aliphatic heterocycles. The van der Waals surface area contributed by atoms with Crippen molar-refractivity contribution in [2.24, 2.45) is 0 Å². The van der Waals surface area contributed by atoms with Gasteiger partial charge in [0.2, 0.25) is 5.88 Å². The maximum Gasteiger partial charge on any atom is 0.341 e. The first kappa shape index (κ1) is 14.4. The van der Waals surface area contributed by atoms with Crippen LogP contribution in [-0.2, 0) is 17.6 Å². The highest BCUT2D eigenvalue weighted by molar-refractivity contribution is 5.69. The predicted molar refractivity (Wildman–Crippen MR) is 76.4 cm³/mol. The molecule has 5 nitrogen and oxygen atoms in total. The summed E-state index contributed by atoms with van der Waals surface area (Å²) in [7, 11) is 0. The van der Waals surface area contributed by atoms with E-state index in [-0.39, 0.29) is 6.61 Å². The van der Waals surface area contributed by atoms with Crippen LogP contribution in [0.15, 0.2) is 12.3 Å². The molecule has 0 saturated carbocycles. The average Bonchev–Trinajstić information content (AvgIpc) is 2.73. The standard InChI is InChI=1S/C15H20N2O3/c1-4-6-11-7-13-15(20-9-14(18)19)16-10(3)8-17(13)12(11)5-2/h7-8H,4-6,9H2,1-3H3,(H,18,19). The molecule has 0 atom stereocenters. The Kier molecular flexibility index (Phi) is 4.27. The molecule has 0 bridgehead atoms. The molecule has 0 spiro atoms. The summed E-state index contributed by atoms with van der Waals surface area (Å²) in [4.78, 5) is 15.0. The van der Waals surface area contributed by atoms with Gasteiger partial charge in [-0.2, -0.15) is 0 Å². The molecule has 0 aliphatic rings. The Morgan fingerprint density at radius 1 is 1.45 bits per heavy atom. The minimum absolute atomic E-state index is 0.373. The zero-order valence-electron chi connectivity index (χ0n) is 12.1. The molecule has 1 N–H and O–H groups in total. The zero-order valence-corrected chi connectivity index (χ0v) is 12.1. The van der Waals surface area contributed by atoms with Gasteiger partial charge in [-0.1, -0.05) is 20.3 Å². The number of carbonyl (C=O) groups is 1. The van der Waals surface area contributed by atoms with Crippen LogP contribution in [0.1, 0.15) is 37.2 Å². The number of aliphatic carboxylic acids is 1. The number of aryl methyl sites for hydroxylation is 3. The zero-order chi connectivity index (χ0) is 14.7. The number of hydrogen-bond acceptors (Lipinski definition) is 3. The summed E-state index contributed by atoms with van der Waals surface area (Å²) in [5.41, 5.74) is 4.18. The Balaban J connectivity index is 2.54. The van der Waals surface area contributed by atoms with Gasteiger partial charge in [-0.3, -0.25) is 0 Å². The van der Waals surface area contributed by atoms with Crippen LogP contribution in [0.3, 0.4) is 0 Å². The van der Waals surface area contributed by atoms with Gasteiger partial charge in [0.1, 0.15) is 5.52 Å². The van der Waals surface area contributed by atoms with Crippen molar-refractivity contribution in [3.8, 4) is 5.88 Å². The lowest BCUT2D eigenvalue weighted by molar-refractivity contribution is -0.139. The second-order valence-corrected chi connectivity index (χ2v) is 4.84. The number of aromatic nitrogens is 2. The van der Waals surface area contributed by atoms with E-state index in [2.05, 4.69) is 29.3 Å². The van der Waals surface area contributed by atoms with Crippen LogP contribution in [0.2, 0.25) is 0 Å². The third-order valence-corrected chi connectivity index (χ3v) is 3.23. The van der Waals surface area contributed by atoms with E-state index in [1.165, 1.54) is 11.3 Å². The van der Waals surface area contributed by atoms with E-state index in [1.54, 1.807) is 0 Å². The first-order chi connectivity index (χ1) is 9.56. The molecule has 2 heterocycles. The Morgan fingerprint density at radius 2 is 2.20 bits per heavy atom. The molecule has 0 amide bonds. The van der Waals surface area contributed by atoms with Crippen LogP contribution < -0.4 is 4.74 Å². The predicted octanol–water partition coefficient (Wildman–Crippen LogP) is 2.62. The van der Waals surface area contributed by atoms with Gasteiger partial charge in [0.15, 0.2) is 6.61 Å². The summed E-state index contributed by atoms with van der Waals surface area (Å²) in [5, 5.41) is 8.75. The Morgan fingerprint density at radius 3 is 2.80 bits per heavy atom. The van der Waals surface area contributed by atoms with Crippen molar-refractivity contribution in [1.29, 1.82) is 0 Å². The summed E-state index contributed by atoms with van der Waals surface area (Å²) >= 11 is 0. The van der Waals surface area contributed by atoms with E-state index >= 15 is 0 Å². The van der Waals surface area contributed by atoms with Crippen molar-refractivity contribution in [2.75, 3.05) is 6.61 Å². The van der Waals surface area contributed by atoms with Gasteiger partial charge >= 0.3 is 5.97 Å². The molecular formula is C15H20N2O3. The minimum atomic E-state index is -0.998. The SMILES string of the molecule is CCCc1cc2c(OCC(=O)O)nc(C)cn2c1CC. The van der Waals surface area contributed by atoms with Crippen molar-refractivity contribution in [2.45, 2.75) is 40.0 Å². The third-order valence-electron chi connectivity index (χ3n) is 3.23. The van der Waals surface area contributed by atoms with Gasteiger partial charge < -0.3 is 14.2 Å². The first-order valence-corrected chi connectivity index (χ1v) is 6.91. The van der Waals surface area contributed by atoms with E-state index in [1.807, 2.05) is 13.1 Å². The highest BCUT2D eigenvalue weighted by Gasteiger charge is 2.14. The van der Waals surface area contributed by atoms with Crippen molar-refractivity contribution in [3.05, 3.63) is 29.2 Å². The molecular weight excluding hydrogens is 256 g/mol. The third kappa shape index (κ3) is 2.76. The van der Waals surface area contributed by atoms with E-state index < -0.39 is 5.97 Å². The normalized spacial score (nSPS) is 10.9. The van der Waals surface area contributed by atoms with E-state index in [9.17, 15) is 4.79 Å². The van der Waals surface area contributed by atoms with Crippen LogP contribution in [0, 0.1) is 6.92 Å². The monoisotopic (exact) mass is 276 g/mol. The molecule has 20 heavy (non-hydrogen) atoms. The largest absolute Gasteiger partial charge is 0.479 e. The van der Waals surface area contributed by atoms with Gasteiger partial charge in [-0.05, 0) is 31.4 Å². The van der Waals surface area contributed by atoms with Crippen molar-refractivity contribution >= 4 is 11.5 Å². The van der Waals surface area contributed by atoms with Crippen LogP contribution in [0.25, 0.3) is 5.52 Å². The fraction of sp³-hybridized carbons (Fsp3) is 0.467. The molecule has 0 unspecified atom stereocenters. The van der Waals surface area contributed by atoms with E-state index in [0.29, 0.717) is 5.88 Å². The number of fused-ring (bicyclic) bond motifs is 1. The number of carboxylic acid groups (broad SMARTS) is 1. The molecule has 5 heteroatoms. The van der Waals surface area contributed by atoms with Crippen LogP contribution >= 0.6 is 0 Å². The van der Waals surface area contributed by atoms with Crippen molar-refractivity contribution in [1.82, 2.24) is 9.38 Å². The van der Waals surface area contributed by atoms with Crippen LogP contribution in [0.4, 0.5) is 0 Å². The number of nitrogens with zero attached hydrogens (tertiary/aromatic N) is 2. The molecule has 2 rings (SSSR count). The molecule has 0 radical (unpaired) electrons. The number of rotatable bonds is 6. The van der Waals surface area contributed by atoms with Crippen LogP contribution in [-0.4, -0.2) is 27.1 Å². The van der Waals surface area contributed by atoms with Crippen molar-refractivity contribution in [3.63, 3.8) is 0 Å². The van der Waals surface area contributed by atoms with Gasteiger partial charge in [0, 0.05) is 11.9 Å². The molecule has 0 aromatic carbocycles. The maximum atomic E-state index is 10.7. The smallest absolute Gasteiger partial charge is 0.341 e. The molecule has 0 aliphatic carbocycles. The lowest BCUT2D eigenvalue weighted by Gasteiger charge is -2.08. The van der Waals surface area contributed by atoms with Crippen molar-refractivity contribution < 1.29 is 14.6 Å². The molecule has 2 aromatic heterocycles. The first-order valence-electron chi connectivity index (χ1n) is 6.91. The number of hydrogen-bond donors (Lipinski definition) is 1. The van der Waals surface area contributed by atoms with Gasteiger partial charge in [-0.15, -0.1) is 0 Å². The highest BCUT2D eigenvalue weighted by Crippen LogP contribution is 2.26. The summed E-state index contributed by atoms with van der Waals surface area (Å²) in [6, 6.07) is 2.06. The van der Waals surface area contributed by atoms with E-state index in [4.69, 9.17) is 9.84 Å². The quantitative estimate of drug-likeness (QED) is 0.881.